The second kappa shape index (κ2) is 6.81. The number of piperazine rings is 1. The molecule has 2 aliphatic heterocycles. The number of allylic oxidation sites excluding steroid dienone is 2. The van der Waals surface area contributed by atoms with Gasteiger partial charge >= 0.3 is 0 Å². The van der Waals surface area contributed by atoms with E-state index < -0.39 is 0 Å². The third-order valence-electron chi connectivity index (χ3n) is 5.80. The molecule has 0 saturated carbocycles. The first-order chi connectivity index (χ1) is 14.0. The summed E-state index contributed by atoms with van der Waals surface area (Å²) in [5.74, 6) is 1.47. The first kappa shape index (κ1) is 18.1. The van der Waals surface area contributed by atoms with E-state index in [4.69, 9.17) is 14.8 Å². The van der Waals surface area contributed by atoms with Crippen LogP contribution < -0.4 is 4.90 Å². The van der Waals surface area contributed by atoms with Crippen molar-refractivity contribution in [3.8, 4) is 0 Å². The van der Waals surface area contributed by atoms with Crippen LogP contribution in [-0.4, -0.2) is 84.7 Å². The van der Waals surface area contributed by atoms with E-state index in [9.17, 15) is 4.79 Å². The molecule has 0 amide bonds. The molecule has 1 aliphatic carbocycles. The number of hydrogen-bond donors (Lipinski definition) is 0. The number of quaternary nitrogens is 1. The number of rotatable bonds is 2. The summed E-state index contributed by atoms with van der Waals surface area (Å²) in [6, 6.07) is 5.91. The number of ketones is 1. The molecule has 0 N–H and O–H groups in total. The molecule has 0 atom stereocenters. The van der Waals surface area contributed by atoms with Gasteiger partial charge in [-0.3, -0.25) is 9.79 Å². The average Bonchev–Trinajstić information content (AvgIpc) is 3.07. The molecule has 0 bridgehead atoms. The van der Waals surface area contributed by atoms with Crippen LogP contribution in [0.25, 0.3) is 5.52 Å². The molecule has 0 spiro atoms. The molecule has 0 radical (unpaired) electrons. The molecule has 150 valence electrons. The van der Waals surface area contributed by atoms with Gasteiger partial charge in [0, 0.05) is 12.3 Å². The minimum atomic E-state index is -0.0318. The van der Waals surface area contributed by atoms with Gasteiger partial charge in [0.2, 0.25) is 0 Å². The number of pyridine rings is 1. The van der Waals surface area contributed by atoms with E-state index in [0.29, 0.717) is 24.6 Å². The van der Waals surface area contributed by atoms with Crippen LogP contribution >= 0.6 is 0 Å². The number of hydrogen-bond acceptors (Lipinski definition) is 6. The first-order valence-corrected chi connectivity index (χ1v) is 10.0. The summed E-state index contributed by atoms with van der Waals surface area (Å²) in [6.07, 6.45) is 3.90. The minimum absolute atomic E-state index is 0.0318. The molecule has 2 aromatic rings. The lowest BCUT2D eigenvalue weighted by Gasteiger charge is -2.39. The van der Waals surface area contributed by atoms with Crippen molar-refractivity contribution in [3.63, 3.8) is 0 Å². The number of aliphatic imine (C=N–C) groups is 2. The maximum atomic E-state index is 12.7. The molecule has 0 aromatic carbocycles. The third-order valence-corrected chi connectivity index (χ3v) is 5.80. The van der Waals surface area contributed by atoms with Crippen LogP contribution in [-0.2, 0) is 9.53 Å². The largest absolute Gasteiger partial charge is 0.490 e. The average molecular weight is 393 g/mol. The quantitative estimate of drug-likeness (QED) is 0.727. The highest BCUT2D eigenvalue weighted by Gasteiger charge is 2.30. The number of fused-ring (bicyclic) bond motifs is 2. The summed E-state index contributed by atoms with van der Waals surface area (Å²) in [4.78, 5) is 24.2. The lowest BCUT2D eigenvalue weighted by atomic mass is 10.00. The van der Waals surface area contributed by atoms with Gasteiger partial charge in [-0.05, 0) is 12.1 Å². The number of likely N-dealkylation sites (N-methyl/N-ethyl adjacent to an activating group) is 1. The number of nitrogens with zero attached hydrogens (tertiary/aromatic N) is 6. The number of Topliss-reactive ketones (excluding diaryl/α,β-unsaturated/α-hetero) is 1. The van der Waals surface area contributed by atoms with Crippen LogP contribution in [0.3, 0.4) is 0 Å². The molecule has 1 fully saturated rings. The van der Waals surface area contributed by atoms with Crippen molar-refractivity contribution in [3.05, 3.63) is 36.2 Å². The Morgan fingerprint density at radius 2 is 2.03 bits per heavy atom. The van der Waals surface area contributed by atoms with Gasteiger partial charge in [-0.25, -0.2) is 9.51 Å². The van der Waals surface area contributed by atoms with Gasteiger partial charge in [0.25, 0.3) is 0 Å². The van der Waals surface area contributed by atoms with Crippen molar-refractivity contribution in [2.24, 2.45) is 9.98 Å². The number of anilines is 1. The zero-order valence-corrected chi connectivity index (χ0v) is 16.8. The highest BCUT2D eigenvalue weighted by molar-refractivity contribution is 6.51. The Hall–Kier alpha value is -3.00. The van der Waals surface area contributed by atoms with Gasteiger partial charge in [0.05, 0.1) is 64.5 Å². The molecule has 2 aromatic heterocycles. The molecule has 5 rings (SSSR count). The fourth-order valence-corrected chi connectivity index (χ4v) is 3.94. The predicted molar refractivity (Wildman–Crippen MR) is 112 cm³/mol. The van der Waals surface area contributed by atoms with Crippen molar-refractivity contribution in [2.45, 2.75) is 6.42 Å². The fraction of sp³-hybridized carbons (Fsp3) is 0.429. The van der Waals surface area contributed by atoms with Gasteiger partial charge in [-0.2, -0.15) is 0 Å². The van der Waals surface area contributed by atoms with Crippen LogP contribution in [0.15, 0.2) is 46.2 Å². The fourth-order valence-electron chi connectivity index (χ4n) is 3.94. The van der Waals surface area contributed by atoms with E-state index in [1.807, 2.05) is 28.9 Å². The van der Waals surface area contributed by atoms with E-state index >= 15 is 0 Å². The Kier molecular flexibility index (Phi) is 4.24. The molecule has 8 nitrogen and oxygen atoms in total. The lowest BCUT2D eigenvalue weighted by molar-refractivity contribution is -0.890. The summed E-state index contributed by atoms with van der Waals surface area (Å²) < 4.78 is 8.54. The molecular formula is C21H25N6O2+. The van der Waals surface area contributed by atoms with Crippen LogP contribution in [0, 0.1) is 0 Å². The van der Waals surface area contributed by atoms with Gasteiger partial charge in [0.1, 0.15) is 23.8 Å². The Morgan fingerprint density at radius 3 is 2.86 bits per heavy atom. The summed E-state index contributed by atoms with van der Waals surface area (Å²) in [6.45, 7) is 5.05. The number of aromatic nitrogens is 2. The van der Waals surface area contributed by atoms with Crippen molar-refractivity contribution in [1.82, 2.24) is 9.61 Å². The molecule has 8 heteroatoms. The van der Waals surface area contributed by atoms with Crippen LogP contribution in [0.5, 0.6) is 0 Å². The Labute approximate surface area is 169 Å². The van der Waals surface area contributed by atoms with Crippen LogP contribution in [0.1, 0.15) is 6.42 Å². The van der Waals surface area contributed by atoms with Crippen molar-refractivity contribution in [1.29, 1.82) is 0 Å². The van der Waals surface area contributed by atoms with Crippen molar-refractivity contribution >= 4 is 34.2 Å². The maximum absolute atomic E-state index is 12.7. The second-order valence-electron chi connectivity index (χ2n) is 8.36. The second-order valence-corrected chi connectivity index (χ2v) is 8.36. The molecule has 1 saturated heterocycles. The topological polar surface area (TPSA) is 71.6 Å². The van der Waals surface area contributed by atoms with Crippen molar-refractivity contribution < 1.29 is 14.0 Å². The molecule has 0 unspecified atom stereocenters. The van der Waals surface area contributed by atoms with E-state index in [1.165, 1.54) is 0 Å². The van der Waals surface area contributed by atoms with E-state index in [-0.39, 0.29) is 12.2 Å². The monoisotopic (exact) mass is 393 g/mol. The highest BCUT2D eigenvalue weighted by atomic mass is 16.5. The summed E-state index contributed by atoms with van der Waals surface area (Å²) in [5.41, 5.74) is 2.78. The first-order valence-electron chi connectivity index (χ1n) is 10.0. The zero-order valence-electron chi connectivity index (χ0n) is 16.8. The smallest absolute Gasteiger partial charge is 0.187 e. The predicted octanol–water partition coefficient (Wildman–Crippen LogP) is 1.63. The normalized spacial score (nSPS) is 22.9. The standard InChI is InChI=1S/C21H25N6O2/c1-27(2)10-8-25(9-11-27)21-20(17-5-3-4-7-26(17)24-21)23-15-14-19-16(13-18(15)28)22-6-12-29-19/h3-5,7,14H,6,8-13H2,1-2H3/q+1. The summed E-state index contributed by atoms with van der Waals surface area (Å²) in [5, 5.41) is 4.80. The number of carbonyl (C=O) groups is 1. The number of carbonyl (C=O) groups excluding carboxylic acids is 1. The Balaban J connectivity index is 1.59. The van der Waals surface area contributed by atoms with E-state index in [2.05, 4.69) is 24.0 Å². The summed E-state index contributed by atoms with van der Waals surface area (Å²) in [7, 11) is 4.50. The molecular weight excluding hydrogens is 368 g/mol. The van der Waals surface area contributed by atoms with Gasteiger partial charge in [0.15, 0.2) is 11.6 Å². The lowest BCUT2D eigenvalue weighted by Crippen LogP contribution is -2.55. The molecule has 4 heterocycles. The van der Waals surface area contributed by atoms with Gasteiger partial charge in [-0.1, -0.05) is 6.07 Å². The Bertz CT molecular complexity index is 1070. The zero-order chi connectivity index (χ0) is 20.0. The molecule has 3 aliphatic rings. The highest BCUT2D eigenvalue weighted by Crippen LogP contribution is 2.34. The van der Waals surface area contributed by atoms with Crippen molar-refractivity contribution in [2.75, 3.05) is 58.3 Å². The van der Waals surface area contributed by atoms with Crippen LogP contribution in [0.4, 0.5) is 11.5 Å². The molecule has 29 heavy (non-hydrogen) atoms. The van der Waals surface area contributed by atoms with E-state index in [0.717, 1.165) is 53.4 Å². The van der Waals surface area contributed by atoms with Gasteiger partial charge in [-0.15, -0.1) is 5.10 Å². The van der Waals surface area contributed by atoms with E-state index in [1.54, 1.807) is 6.08 Å². The Morgan fingerprint density at radius 1 is 1.21 bits per heavy atom. The maximum Gasteiger partial charge on any atom is 0.187 e. The summed E-state index contributed by atoms with van der Waals surface area (Å²) >= 11 is 0. The van der Waals surface area contributed by atoms with Gasteiger partial charge < -0.3 is 14.1 Å². The van der Waals surface area contributed by atoms with Crippen LogP contribution in [0.2, 0.25) is 0 Å². The SMILES string of the molecule is C[N+]1(C)CCN(c2nn3ccccc3c2N=C2C=C3OCCN=C3CC2=O)CC1. The minimum Gasteiger partial charge on any atom is -0.490 e. The number of ether oxygens (including phenoxy) is 1. The third kappa shape index (κ3) is 3.33.